The smallest absolute Gasteiger partial charge is 0.124 e. The molecule has 0 saturated heterocycles. The van der Waals surface area contributed by atoms with Crippen molar-refractivity contribution < 1.29 is 4.74 Å². The van der Waals surface area contributed by atoms with Gasteiger partial charge in [-0.2, -0.15) is 0 Å². The lowest BCUT2D eigenvalue weighted by Gasteiger charge is -2.33. The molecule has 4 rings (SSSR count). The van der Waals surface area contributed by atoms with Gasteiger partial charge >= 0.3 is 0 Å². The molecule has 1 heterocycles. The van der Waals surface area contributed by atoms with E-state index in [-0.39, 0.29) is 0 Å². The largest absolute Gasteiger partial charge is 0.493 e. The lowest BCUT2D eigenvalue weighted by Crippen LogP contribution is -2.34. The fraction of sp³-hybridized carbons (Fsp3) is 0.333. The molecule has 0 spiro atoms. The minimum atomic E-state index is 0.402. The molecule has 1 N–H and O–H groups in total. The molecule has 2 aromatic carbocycles. The monoisotopic (exact) mass is 343 g/mol. The highest BCUT2D eigenvalue weighted by Crippen LogP contribution is 2.37. The summed E-state index contributed by atoms with van der Waals surface area (Å²) in [5.74, 6) is 1.69. The number of hydrogen-bond acceptors (Lipinski definition) is 2. The third-order valence-corrected chi connectivity index (χ3v) is 5.08. The normalized spacial score (nSPS) is 22.7. The summed E-state index contributed by atoms with van der Waals surface area (Å²) >= 11 is 3.56. The van der Waals surface area contributed by atoms with E-state index in [2.05, 4.69) is 57.6 Å². The lowest BCUT2D eigenvalue weighted by atomic mass is 9.77. The summed E-state index contributed by atoms with van der Waals surface area (Å²) in [6.45, 7) is 1.85. The van der Waals surface area contributed by atoms with Gasteiger partial charge in [-0.3, -0.25) is 0 Å². The van der Waals surface area contributed by atoms with Crippen LogP contribution >= 0.6 is 15.9 Å². The van der Waals surface area contributed by atoms with Gasteiger partial charge in [-0.15, -0.1) is 0 Å². The zero-order valence-corrected chi connectivity index (χ0v) is 13.4. The summed E-state index contributed by atoms with van der Waals surface area (Å²) in [5.41, 5.74) is 4.31. The maximum atomic E-state index is 5.75. The summed E-state index contributed by atoms with van der Waals surface area (Å²) in [6, 6.07) is 15.5. The van der Waals surface area contributed by atoms with E-state index in [1.165, 1.54) is 23.1 Å². The van der Waals surface area contributed by atoms with Crippen LogP contribution in [0.3, 0.4) is 0 Å². The van der Waals surface area contributed by atoms with Crippen LogP contribution in [0.2, 0.25) is 0 Å². The van der Waals surface area contributed by atoms with Crippen molar-refractivity contribution >= 4 is 15.9 Å². The van der Waals surface area contributed by atoms with Crippen molar-refractivity contribution in [3.63, 3.8) is 0 Å². The molecule has 108 valence electrons. The van der Waals surface area contributed by atoms with Crippen molar-refractivity contribution in [2.45, 2.75) is 24.8 Å². The maximum absolute atomic E-state index is 5.75. The topological polar surface area (TPSA) is 21.3 Å². The molecular formula is C18H18BrNO. The number of rotatable bonds is 3. The Labute approximate surface area is 133 Å². The molecule has 3 heteroatoms. The zero-order valence-electron chi connectivity index (χ0n) is 11.8. The highest BCUT2D eigenvalue weighted by atomic mass is 79.9. The van der Waals surface area contributed by atoms with Crippen molar-refractivity contribution in [3.05, 3.63) is 63.6 Å². The Morgan fingerprint density at radius 3 is 2.95 bits per heavy atom. The number of halogens is 1. The molecule has 2 atom stereocenters. The molecule has 0 saturated carbocycles. The van der Waals surface area contributed by atoms with E-state index >= 15 is 0 Å². The summed E-state index contributed by atoms with van der Waals surface area (Å²) < 4.78 is 6.87. The maximum Gasteiger partial charge on any atom is 0.124 e. The second-order valence-corrected chi connectivity index (χ2v) is 6.80. The first kappa shape index (κ1) is 13.4. The molecule has 1 aliphatic carbocycles. The van der Waals surface area contributed by atoms with Crippen LogP contribution in [0.5, 0.6) is 5.75 Å². The number of benzene rings is 2. The molecule has 21 heavy (non-hydrogen) atoms. The van der Waals surface area contributed by atoms with E-state index in [0.29, 0.717) is 12.0 Å². The second kappa shape index (κ2) is 5.47. The predicted octanol–water partition coefficient (Wildman–Crippen LogP) is 4.20. The first-order valence-electron chi connectivity index (χ1n) is 7.55. The Bertz CT molecular complexity index is 670. The van der Waals surface area contributed by atoms with Gasteiger partial charge in [0, 0.05) is 35.0 Å². The van der Waals surface area contributed by atoms with E-state index in [1.54, 1.807) is 0 Å². The van der Waals surface area contributed by atoms with E-state index in [9.17, 15) is 0 Å². The van der Waals surface area contributed by atoms with Gasteiger partial charge in [-0.05, 0) is 35.7 Å². The quantitative estimate of drug-likeness (QED) is 0.901. The Kier molecular flexibility index (Phi) is 3.48. The first-order valence-corrected chi connectivity index (χ1v) is 8.34. The van der Waals surface area contributed by atoms with Crippen LogP contribution in [0, 0.1) is 0 Å². The molecule has 2 nitrogen and oxygen atoms in total. The third-order valence-electron chi connectivity index (χ3n) is 4.58. The van der Waals surface area contributed by atoms with Gasteiger partial charge in [0.1, 0.15) is 5.75 Å². The average Bonchev–Trinajstić information content (AvgIpc) is 2.48. The van der Waals surface area contributed by atoms with Crippen molar-refractivity contribution in [2.24, 2.45) is 0 Å². The summed E-state index contributed by atoms with van der Waals surface area (Å²) in [6.07, 6.45) is 2.25. The average molecular weight is 344 g/mol. The third kappa shape index (κ3) is 2.49. The highest BCUT2D eigenvalue weighted by molar-refractivity contribution is 9.10. The summed E-state index contributed by atoms with van der Waals surface area (Å²) in [5, 5.41) is 3.75. The molecule has 0 amide bonds. The Morgan fingerprint density at radius 1 is 1.14 bits per heavy atom. The number of ether oxygens (including phenoxy) is 1. The van der Waals surface area contributed by atoms with Crippen LogP contribution in [-0.4, -0.2) is 13.2 Å². The van der Waals surface area contributed by atoms with E-state index in [4.69, 9.17) is 4.74 Å². The first-order chi connectivity index (χ1) is 10.3. The fourth-order valence-corrected chi connectivity index (χ4v) is 3.79. The molecule has 0 aromatic heterocycles. The van der Waals surface area contributed by atoms with Gasteiger partial charge in [-0.25, -0.2) is 0 Å². The summed E-state index contributed by atoms with van der Waals surface area (Å²) in [7, 11) is 0. The second-order valence-electron chi connectivity index (χ2n) is 5.88. The fourth-order valence-electron chi connectivity index (χ4n) is 3.41. The molecule has 2 aliphatic rings. The van der Waals surface area contributed by atoms with Gasteiger partial charge in [0.05, 0.1) is 6.61 Å². The molecule has 0 fully saturated rings. The SMILES string of the molecule is Brc1ccc2c(c1)C(NCC1Cc3ccccc31)CCO2. The zero-order chi connectivity index (χ0) is 14.2. The summed E-state index contributed by atoms with van der Waals surface area (Å²) in [4.78, 5) is 0. The van der Waals surface area contributed by atoms with Crippen LogP contribution in [0.1, 0.15) is 35.1 Å². The van der Waals surface area contributed by atoms with Crippen molar-refractivity contribution in [3.8, 4) is 5.75 Å². The Balaban J connectivity index is 1.47. The molecule has 2 aromatic rings. The van der Waals surface area contributed by atoms with Crippen LogP contribution in [0.4, 0.5) is 0 Å². The Morgan fingerprint density at radius 2 is 2.05 bits per heavy atom. The number of nitrogens with one attached hydrogen (secondary N) is 1. The Hall–Kier alpha value is -1.32. The minimum Gasteiger partial charge on any atom is -0.493 e. The van der Waals surface area contributed by atoms with Crippen molar-refractivity contribution in [1.82, 2.24) is 5.32 Å². The lowest BCUT2D eigenvalue weighted by molar-refractivity contribution is 0.250. The van der Waals surface area contributed by atoms with Crippen LogP contribution in [0.15, 0.2) is 46.9 Å². The predicted molar refractivity (Wildman–Crippen MR) is 87.9 cm³/mol. The van der Waals surface area contributed by atoms with Gasteiger partial charge in [0.15, 0.2) is 0 Å². The van der Waals surface area contributed by atoms with Gasteiger partial charge in [-0.1, -0.05) is 40.2 Å². The standard InChI is InChI=1S/C18H18BrNO/c19-14-5-6-18-16(10-14)17(7-8-21-18)20-11-13-9-12-3-1-2-4-15(12)13/h1-6,10,13,17,20H,7-9,11H2. The van der Waals surface area contributed by atoms with Crippen molar-refractivity contribution in [1.29, 1.82) is 0 Å². The van der Waals surface area contributed by atoms with E-state index < -0.39 is 0 Å². The molecular weight excluding hydrogens is 326 g/mol. The van der Waals surface area contributed by atoms with Gasteiger partial charge in [0.25, 0.3) is 0 Å². The van der Waals surface area contributed by atoms with Crippen LogP contribution in [0.25, 0.3) is 0 Å². The number of hydrogen-bond donors (Lipinski definition) is 1. The molecule has 2 unspecified atom stereocenters. The van der Waals surface area contributed by atoms with E-state index in [0.717, 1.165) is 29.8 Å². The minimum absolute atomic E-state index is 0.402. The van der Waals surface area contributed by atoms with E-state index in [1.807, 2.05) is 6.07 Å². The van der Waals surface area contributed by atoms with Gasteiger partial charge < -0.3 is 10.1 Å². The molecule has 1 aliphatic heterocycles. The van der Waals surface area contributed by atoms with Gasteiger partial charge in [0.2, 0.25) is 0 Å². The molecule has 0 bridgehead atoms. The van der Waals surface area contributed by atoms with Crippen LogP contribution in [-0.2, 0) is 6.42 Å². The van der Waals surface area contributed by atoms with Crippen LogP contribution < -0.4 is 10.1 Å². The molecule has 0 radical (unpaired) electrons. The van der Waals surface area contributed by atoms with Crippen molar-refractivity contribution in [2.75, 3.05) is 13.2 Å². The highest BCUT2D eigenvalue weighted by Gasteiger charge is 2.27. The number of fused-ring (bicyclic) bond motifs is 2.